The highest BCUT2D eigenvalue weighted by molar-refractivity contribution is 4.69. The first kappa shape index (κ1) is 13.9. The minimum absolute atomic E-state index is 0.614. The van der Waals surface area contributed by atoms with Gasteiger partial charge in [0.05, 0.1) is 0 Å². The van der Waals surface area contributed by atoms with Crippen LogP contribution in [0.1, 0.15) is 47.5 Å². The van der Waals surface area contributed by atoms with Crippen molar-refractivity contribution in [1.29, 1.82) is 0 Å². The molecular formula is C12H28N2. The number of nitrogens with one attached hydrogen (secondary N) is 2. The van der Waals surface area contributed by atoms with Crippen LogP contribution in [0, 0.1) is 11.8 Å². The minimum Gasteiger partial charge on any atom is -0.305 e. The van der Waals surface area contributed by atoms with Crippen molar-refractivity contribution >= 4 is 0 Å². The van der Waals surface area contributed by atoms with Crippen LogP contribution in [0.3, 0.4) is 0 Å². The molecule has 0 radical (unpaired) electrons. The van der Waals surface area contributed by atoms with Crippen molar-refractivity contribution < 1.29 is 0 Å². The van der Waals surface area contributed by atoms with Crippen LogP contribution in [0.4, 0.5) is 0 Å². The molecule has 0 aliphatic carbocycles. The van der Waals surface area contributed by atoms with Gasteiger partial charge in [0.25, 0.3) is 0 Å². The summed E-state index contributed by atoms with van der Waals surface area (Å²) in [6.07, 6.45) is 2.63. The predicted molar refractivity (Wildman–Crippen MR) is 64.4 cm³/mol. The van der Waals surface area contributed by atoms with Crippen molar-refractivity contribution in [3.63, 3.8) is 0 Å². The first-order chi connectivity index (χ1) is 6.61. The first-order valence-electron chi connectivity index (χ1n) is 6.05. The van der Waals surface area contributed by atoms with Crippen molar-refractivity contribution in [2.24, 2.45) is 11.8 Å². The molecule has 3 unspecified atom stereocenters. The van der Waals surface area contributed by atoms with E-state index in [4.69, 9.17) is 0 Å². The highest BCUT2D eigenvalue weighted by atomic mass is 15.1. The normalized spacial score (nSPS) is 17.8. The maximum absolute atomic E-state index is 3.50. The molecule has 2 nitrogen and oxygen atoms in total. The second kappa shape index (κ2) is 8.25. The summed E-state index contributed by atoms with van der Waals surface area (Å²) in [4.78, 5) is 0. The number of rotatable bonds is 8. The summed E-state index contributed by atoms with van der Waals surface area (Å²) < 4.78 is 0. The van der Waals surface area contributed by atoms with Gasteiger partial charge in [-0.15, -0.1) is 0 Å². The molecular weight excluding hydrogens is 172 g/mol. The molecule has 86 valence electrons. The minimum atomic E-state index is 0.614. The van der Waals surface area contributed by atoms with Gasteiger partial charge in [-0.05, 0) is 31.7 Å². The third-order valence-electron chi connectivity index (χ3n) is 3.12. The van der Waals surface area contributed by atoms with Gasteiger partial charge in [-0.25, -0.2) is 0 Å². The SMILES string of the molecule is CCNCNC(C)C(C)CC(C)CC. The van der Waals surface area contributed by atoms with E-state index in [1.807, 2.05) is 0 Å². The smallest absolute Gasteiger partial charge is 0.0456 e. The lowest BCUT2D eigenvalue weighted by Gasteiger charge is -2.23. The molecule has 0 aromatic heterocycles. The molecule has 0 rings (SSSR count). The second-order valence-corrected chi connectivity index (χ2v) is 4.50. The summed E-state index contributed by atoms with van der Waals surface area (Å²) in [5, 5.41) is 6.79. The molecule has 2 heteroatoms. The van der Waals surface area contributed by atoms with E-state index in [1.165, 1.54) is 12.8 Å². The zero-order valence-electron chi connectivity index (χ0n) is 10.6. The Kier molecular flexibility index (Phi) is 8.20. The molecule has 0 bridgehead atoms. The fraction of sp³-hybridized carbons (Fsp3) is 1.00. The van der Waals surface area contributed by atoms with Gasteiger partial charge in [-0.1, -0.05) is 34.1 Å². The van der Waals surface area contributed by atoms with E-state index in [-0.39, 0.29) is 0 Å². The van der Waals surface area contributed by atoms with E-state index in [2.05, 4.69) is 45.3 Å². The molecule has 0 saturated carbocycles. The summed E-state index contributed by atoms with van der Waals surface area (Å²) >= 11 is 0. The Morgan fingerprint density at radius 1 is 1.07 bits per heavy atom. The molecule has 0 aliphatic heterocycles. The van der Waals surface area contributed by atoms with Gasteiger partial charge in [0.2, 0.25) is 0 Å². The first-order valence-corrected chi connectivity index (χ1v) is 6.05. The van der Waals surface area contributed by atoms with Crippen LogP contribution >= 0.6 is 0 Å². The molecule has 0 fully saturated rings. The van der Waals surface area contributed by atoms with E-state index in [0.717, 1.165) is 25.0 Å². The molecule has 0 spiro atoms. The van der Waals surface area contributed by atoms with Crippen molar-refractivity contribution in [2.45, 2.75) is 53.5 Å². The van der Waals surface area contributed by atoms with Gasteiger partial charge < -0.3 is 10.6 Å². The van der Waals surface area contributed by atoms with E-state index >= 15 is 0 Å². The summed E-state index contributed by atoms with van der Waals surface area (Å²) in [5.41, 5.74) is 0. The zero-order valence-corrected chi connectivity index (χ0v) is 10.6. The second-order valence-electron chi connectivity index (χ2n) is 4.50. The van der Waals surface area contributed by atoms with Crippen molar-refractivity contribution in [1.82, 2.24) is 10.6 Å². The zero-order chi connectivity index (χ0) is 11.0. The molecule has 3 atom stereocenters. The van der Waals surface area contributed by atoms with Gasteiger partial charge in [0.1, 0.15) is 0 Å². The van der Waals surface area contributed by atoms with E-state index in [1.54, 1.807) is 0 Å². The standard InChI is InChI=1S/C12H28N2/c1-6-10(3)8-11(4)12(5)14-9-13-7-2/h10-14H,6-9H2,1-5H3. The molecule has 0 saturated heterocycles. The van der Waals surface area contributed by atoms with Gasteiger partial charge >= 0.3 is 0 Å². The lowest BCUT2D eigenvalue weighted by molar-refractivity contribution is 0.320. The van der Waals surface area contributed by atoms with Crippen LogP contribution < -0.4 is 10.6 Å². The molecule has 0 aromatic carbocycles. The average molecular weight is 200 g/mol. The Hall–Kier alpha value is -0.0800. The number of hydrogen-bond donors (Lipinski definition) is 2. The van der Waals surface area contributed by atoms with Crippen molar-refractivity contribution in [2.75, 3.05) is 13.2 Å². The third kappa shape index (κ3) is 6.39. The predicted octanol–water partition coefficient (Wildman–Crippen LogP) is 2.60. The van der Waals surface area contributed by atoms with Gasteiger partial charge in [0.15, 0.2) is 0 Å². The van der Waals surface area contributed by atoms with Crippen molar-refractivity contribution in [3.05, 3.63) is 0 Å². The van der Waals surface area contributed by atoms with Gasteiger partial charge in [-0.2, -0.15) is 0 Å². The Labute approximate surface area is 89.9 Å². The van der Waals surface area contributed by atoms with Crippen LogP contribution in [-0.2, 0) is 0 Å². The fourth-order valence-electron chi connectivity index (χ4n) is 1.56. The molecule has 2 N–H and O–H groups in total. The van der Waals surface area contributed by atoms with Crippen LogP contribution in [0.15, 0.2) is 0 Å². The quantitative estimate of drug-likeness (QED) is 0.465. The van der Waals surface area contributed by atoms with Gasteiger partial charge in [-0.3, -0.25) is 0 Å². The van der Waals surface area contributed by atoms with E-state index in [0.29, 0.717) is 6.04 Å². The summed E-state index contributed by atoms with van der Waals surface area (Å²) in [5.74, 6) is 1.62. The van der Waals surface area contributed by atoms with Gasteiger partial charge in [0, 0.05) is 12.7 Å². The van der Waals surface area contributed by atoms with E-state index < -0.39 is 0 Å². The Morgan fingerprint density at radius 2 is 1.71 bits per heavy atom. The molecule has 14 heavy (non-hydrogen) atoms. The fourth-order valence-corrected chi connectivity index (χ4v) is 1.56. The van der Waals surface area contributed by atoms with Crippen molar-refractivity contribution in [3.8, 4) is 0 Å². The maximum Gasteiger partial charge on any atom is 0.0456 e. The highest BCUT2D eigenvalue weighted by Crippen LogP contribution is 2.17. The lowest BCUT2D eigenvalue weighted by Crippen LogP contribution is -2.39. The molecule has 0 amide bonds. The van der Waals surface area contributed by atoms with Crippen LogP contribution in [0.5, 0.6) is 0 Å². The van der Waals surface area contributed by atoms with Crippen LogP contribution in [-0.4, -0.2) is 19.3 Å². The lowest BCUT2D eigenvalue weighted by atomic mass is 9.91. The van der Waals surface area contributed by atoms with Crippen LogP contribution in [0.2, 0.25) is 0 Å². The maximum atomic E-state index is 3.50. The van der Waals surface area contributed by atoms with Crippen LogP contribution in [0.25, 0.3) is 0 Å². The highest BCUT2D eigenvalue weighted by Gasteiger charge is 2.13. The summed E-state index contributed by atoms with van der Waals surface area (Å²) in [7, 11) is 0. The molecule has 0 heterocycles. The monoisotopic (exact) mass is 200 g/mol. The summed E-state index contributed by atoms with van der Waals surface area (Å²) in [6.45, 7) is 13.3. The largest absolute Gasteiger partial charge is 0.305 e. The third-order valence-corrected chi connectivity index (χ3v) is 3.12. The average Bonchev–Trinajstić information content (AvgIpc) is 2.17. The Balaban J connectivity index is 3.58. The molecule has 0 aromatic rings. The molecule has 0 aliphatic rings. The summed E-state index contributed by atoms with van der Waals surface area (Å²) in [6, 6.07) is 0.614. The Bertz CT molecular complexity index is 125. The van der Waals surface area contributed by atoms with E-state index in [9.17, 15) is 0 Å². The topological polar surface area (TPSA) is 24.1 Å². The Morgan fingerprint density at radius 3 is 2.21 bits per heavy atom. The number of hydrogen-bond acceptors (Lipinski definition) is 2.